The highest BCUT2D eigenvalue weighted by molar-refractivity contribution is 6.74. The van der Waals surface area contributed by atoms with Crippen LogP contribution in [0.25, 0.3) is 16.9 Å². The Kier molecular flexibility index (Phi) is 7.11. The Labute approximate surface area is 199 Å². The Morgan fingerprint density at radius 2 is 1.94 bits per heavy atom. The first-order chi connectivity index (χ1) is 15.4. The Morgan fingerprint density at radius 3 is 2.58 bits per heavy atom. The number of carbonyl (C=O) groups is 1. The maximum atomic E-state index is 12.1. The molecule has 0 aromatic carbocycles. The summed E-state index contributed by atoms with van der Waals surface area (Å²) in [6.07, 6.45) is 5.20. The summed E-state index contributed by atoms with van der Waals surface area (Å²) in [6, 6.07) is 3.41. The van der Waals surface area contributed by atoms with Gasteiger partial charge in [0.15, 0.2) is 19.8 Å². The van der Waals surface area contributed by atoms with Crippen molar-refractivity contribution in [2.75, 3.05) is 6.61 Å². The Morgan fingerprint density at radius 1 is 1.21 bits per heavy atom. The molecule has 3 heterocycles. The zero-order valence-electron chi connectivity index (χ0n) is 19.8. The SMILES string of the molecule is CC(C)(C)[Si](C)(C)OCCC[C@](C)(Oc1ncnc2c1cnn2-c1ncccc1Cl)C(=O)O. The molecule has 0 aliphatic rings. The molecule has 0 aliphatic heterocycles. The molecule has 0 fully saturated rings. The van der Waals surface area contributed by atoms with Crippen LogP contribution in [0, 0.1) is 0 Å². The number of nitrogens with zero attached hydrogens (tertiary/aromatic N) is 5. The molecule has 0 saturated heterocycles. The van der Waals surface area contributed by atoms with Crippen LogP contribution >= 0.6 is 11.6 Å². The zero-order valence-corrected chi connectivity index (χ0v) is 21.5. The lowest BCUT2D eigenvalue weighted by atomic mass is 10.0. The minimum Gasteiger partial charge on any atom is -0.478 e. The van der Waals surface area contributed by atoms with Crippen molar-refractivity contribution in [1.29, 1.82) is 0 Å². The van der Waals surface area contributed by atoms with Gasteiger partial charge in [-0.3, -0.25) is 0 Å². The Hall–Kier alpha value is -2.56. The third-order valence-electron chi connectivity index (χ3n) is 6.11. The molecule has 3 aromatic rings. The summed E-state index contributed by atoms with van der Waals surface area (Å²) in [7, 11) is -1.91. The molecule has 0 bridgehead atoms. The molecule has 178 valence electrons. The van der Waals surface area contributed by atoms with Crippen molar-refractivity contribution in [2.45, 2.75) is 64.3 Å². The summed E-state index contributed by atoms with van der Waals surface area (Å²) < 4.78 is 13.6. The molecule has 0 amide bonds. The largest absolute Gasteiger partial charge is 0.478 e. The maximum Gasteiger partial charge on any atom is 0.347 e. The Balaban J connectivity index is 1.80. The summed E-state index contributed by atoms with van der Waals surface area (Å²) in [4.78, 5) is 24.8. The monoisotopic (exact) mass is 491 g/mol. The van der Waals surface area contributed by atoms with Gasteiger partial charge in [0.1, 0.15) is 11.7 Å². The molecule has 11 heteroatoms. The van der Waals surface area contributed by atoms with E-state index in [1.165, 1.54) is 24.1 Å². The van der Waals surface area contributed by atoms with Crippen molar-refractivity contribution < 1.29 is 19.1 Å². The molecule has 0 radical (unpaired) electrons. The van der Waals surface area contributed by atoms with E-state index in [9.17, 15) is 9.90 Å². The van der Waals surface area contributed by atoms with E-state index in [1.807, 2.05) is 0 Å². The summed E-state index contributed by atoms with van der Waals surface area (Å²) in [6.45, 7) is 12.9. The van der Waals surface area contributed by atoms with Crippen molar-refractivity contribution >= 4 is 36.9 Å². The fourth-order valence-electron chi connectivity index (χ4n) is 2.96. The van der Waals surface area contributed by atoms with Crippen LogP contribution < -0.4 is 4.74 Å². The molecule has 0 aliphatic carbocycles. The first-order valence-corrected chi connectivity index (χ1v) is 14.0. The number of rotatable bonds is 9. The van der Waals surface area contributed by atoms with E-state index in [-0.39, 0.29) is 17.3 Å². The number of aliphatic carboxylic acids is 1. The lowest BCUT2D eigenvalue weighted by Crippen LogP contribution is -2.43. The number of ether oxygens (including phenoxy) is 1. The minimum absolute atomic E-state index is 0.0861. The number of fused-ring (bicyclic) bond motifs is 1. The highest BCUT2D eigenvalue weighted by Gasteiger charge is 2.39. The summed E-state index contributed by atoms with van der Waals surface area (Å²) >= 11 is 6.25. The smallest absolute Gasteiger partial charge is 0.347 e. The van der Waals surface area contributed by atoms with Gasteiger partial charge in [0.05, 0.1) is 11.2 Å². The van der Waals surface area contributed by atoms with Crippen LogP contribution in [0.15, 0.2) is 30.9 Å². The molecule has 3 aromatic heterocycles. The van der Waals surface area contributed by atoms with Crippen molar-refractivity contribution in [1.82, 2.24) is 24.7 Å². The van der Waals surface area contributed by atoms with Gasteiger partial charge in [0.2, 0.25) is 11.5 Å². The fraction of sp³-hybridized carbons (Fsp3) is 0.500. The van der Waals surface area contributed by atoms with Gasteiger partial charge in [-0.1, -0.05) is 32.4 Å². The van der Waals surface area contributed by atoms with E-state index in [0.29, 0.717) is 34.9 Å². The van der Waals surface area contributed by atoms with E-state index in [4.69, 9.17) is 20.8 Å². The van der Waals surface area contributed by atoms with Gasteiger partial charge >= 0.3 is 5.97 Å². The van der Waals surface area contributed by atoms with Gasteiger partial charge in [-0.2, -0.15) is 9.78 Å². The van der Waals surface area contributed by atoms with E-state index < -0.39 is 19.9 Å². The van der Waals surface area contributed by atoms with Gasteiger partial charge in [-0.15, -0.1) is 0 Å². The zero-order chi connectivity index (χ0) is 24.4. The third-order valence-corrected chi connectivity index (χ3v) is 10.9. The van der Waals surface area contributed by atoms with Crippen molar-refractivity contribution in [3.05, 3.63) is 35.9 Å². The topological polar surface area (TPSA) is 112 Å². The summed E-state index contributed by atoms with van der Waals surface area (Å²) in [5, 5.41) is 15.2. The number of carboxylic acids is 1. The van der Waals surface area contributed by atoms with Crippen LogP contribution in [-0.2, 0) is 9.22 Å². The highest BCUT2D eigenvalue weighted by atomic mass is 35.5. The molecule has 0 unspecified atom stereocenters. The van der Waals surface area contributed by atoms with Crippen LogP contribution in [0.2, 0.25) is 23.2 Å². The first kappa shape index (κ1) is 25.1. The number of halogens is 1. The second kappa shape index (κ2) is 9.36. The lowest BCUT2D eigenvalue weighted by Gasteiger charge is -2.36. The number of carboxylic acid groups (broad SMARTS) is 1. The predicted octanol–water partition coefficient (Wildman–Crippen LogP) is 4.89. The van der Waals surface area contributed by atoms with E-state index in [1.54, 1.807) is 18.3 Å². The number of hydrogen-bond acceptors (Lipinski definition) is 7. The average Bonchev–Trinajstić information content (AvgIpc) is 3.16. The standard InChI is InChI=1S/C22H30ClN5O4Si/c1-21(2,3)33(5,6)31-12-8-10-22(4,20(29)30)32-19-15-13-27-28(17(15)25-14-26-19)18-16(23)9-7-11-24-18/h7,9,11,13-14H,8,10,12H2,1-6H3,(H,29,30)/t22-/m0/s1. The second-order valence-electron chi connectivity index (χ2n) is 9.63. The van der Waals surface area contributed by atoms with Gasteiger partial charge < -0.3 is 14.3 Å². The molecule has 0 saturated carbocycles. The Bertz CT molecular complexity index is 1150. The first-order valence-electron chi connectivity index (χ1n) is 10.7. The van der Waals surface area contributed by atoms with Gasteiger partial charge in [-0.05, 0) is 50.0 Å². The maximum absolute atomic E-state index is 12.1. The van der Waals surface area contributed by atoms with Crippen LogP contribution in [0.4, 0.5) is 0 Å². The quantitative estimate of drug-likeness (QED) is 0.332. The average molecular weight is 492 g/mol. The molecule has 0 spiro atoms. The van der Waals surface area contributed by atoms with Gasteiger partial charge in [0.25, 0.3) is 0 Å². The van der Waals surface area contributed by atoms with E-state index in [0.717, 1.165) is 0 Å². The fourth-order valence-corrected chi connectivity index (χ4v) is 4.25. The van der Waals surface area contributed by atoms with Crippen molar-refractivity contribution in [3.63, 3.8) is 0 Å². The molecule has 9 nitrogen and oxygen atoms in total. The summed E-state index contributed by atoms with van der Waals surface area (Å²) in [5.41, 5.74) is -1.09. The van der Waals surface area contributed by atoms with Crippen LogP contribution in [0.1, 0.15) is 40.5 Å². The van der Waals surface area contributed by atoms with Crippen LogP contribution in [0.3, 0.4) is 0 Å². The normalized spacial score (nSPS) is 14.3. The molecule has 3 rings (SSSR count). The second-order valence-corrected chi connectivity index (χ2v) is 14.8. The molecular weight excluding hydrogens is 462 g/mol. The highest BCUT2D eigenvalue weighted by Crippen LogP contribution is 2.37. The van der Waals surface area contributed by atoms with Crippen LogP contribution in [0.5, 0.6) is 5.88 Å². The summed E-state index contributed by atoms with van der Waals surface area (Å²) in [5.74, 6) is -0.544. The lowest BCUT2D eigenvalue weighted by molar-refractivity contribution is -0.154. The molecule has 33 heavy (non-hydrogen) atoms. The van der Waals surface area contributed by atoms with E-state index >= 15 is 0 Å². The van der Waals surface area contributed by atoms with Gasteiger partial charge in [-0.25, -0.2) is 19.7 Å². The van der Waals surface area contributed by atoms with E-state index in [2.05, 4.69) is 53.9 Å². The molecule has 1 N–H and O–H groups in total. The minimum atomic E-state index is -1.91. The van der Waals surface area contributed by atoms with Crippen molar-refractivity contribution in [2.24, 2.45) is 0 Å². The van der Waals surface area contributed by atoms with Gasteiger partial charge in [0, 0.05) is 12.8 Å². The van der Waals surface area contributed by atoms with Crippen LogP contribution in [-0.4, -0.2) is 56.3 Å². The molecule has 1 atom stereocenters. The number of pyridine rings is 1. The number of hydrogen-bond donors (Lipinski definition) is 1. The van der Waals surface area contributed by atoms with Crippen molar-refractivity contribution in [3.8, 4) is 11.7 Å². The molecular formula is C22H30ClN5O4Si. The predicted molar refractivity (Wildman–Crippen MR) is 129 cm³/mol. The third kappa shape index (κ3) is 5.34. The number of aromatic nitrogens is 5.